The van der Waals surface area contributed by atoms with Crippen molar-refractivity contribution in [3.63, 3.8) is 0 Å². The highest BCUT2D eigenvalue weighted by Gasteiger charge is 2.61. The number of rotatable bonds is 8. The number of carboxylic acids is 1. The molecule has 1 saturated heterocycles. The summed E-state index contributed by atoms with van der Waals surface area (Å²) in [7, 11) is 3.17. The molecule has 2 aliphatic heterocycles. The third kappa shape index (κ3) is 7.39. The van der Waals surface area contributed by atoms with Gasteiger partial charge in [0.25, 0.3) is 0 Å². The van der Waals surface area contributed by atoms with Crippen molar-refractivity contribution in [2.45, 2.75) is 69.7 Å². The zero-order valence-electron chi connectivity index (χ0n) is 30.6. The van der Waals surface area contributed by atoms with Gasteiger partial charge in [-0.1, -0.05) is 30.7 Å². The van der Waals surface area contributed by atoms with Crippen LogP contribution in [0.2, 0.25) is 0 Å². The fraction of sp³-hybridized carbons (Fsp3) is 0.390. The van der Waals surface area contributed by atoms with E-state index >= 15 is 0 Å². The molecule has 12 nitrogen and oxygen atoms in total. The van der Waals surface area contributed by atoms with E-state index in [1.54, 1.807) is 43.4 Å². The first-order valence-electron chi connectivity index (χ1n) is 18.3. The first-order chi connectivity index (χ1) is 26.1. The van der Waals surface area contributed by atoms with E-state index in [0.29, 0.717) is 46.9 Å². The summed E-state index contributed by atoms with van der Waals surface area (Å²) in [5, 5.41) is 13.7. The van der Waals surface area contributed by atoms with E-state index in [9.17, 15) is 23.9 Å². The zero-order chi connectivity index (χ0) is 38.0. The van der Waals surface area contributed by atoms with Crippen molar-refractivity contribution in [2.75, 3.05) is 27.3 Å². The number of hydrogen-bond donors (Lipinski definition) is 2. The predicted molar refractivity (Wildman–Crippen MR) is 199 cm³/mol. The number of halogens is 1. The third-order valence-electron chi connectivity index (χ3n) is 10.7. The minimum absolute atomic E-state index is 0.0476. The van der Waals surface area contributed by atoms with Crippen molar-refractivity contribution in [3.8, 4) is 28.8 Å². The van der Waals surface area contributed by atoms with Crippen LogP contribution in [0.25, 0.3) is 22.3 Å². The molecule has 3 heterocycles. The largest absolute Gasteiger partial charge is 0.497 e. The number of nitrogens with one attached hydrogen (secondary N) is 1. The molecule has 13 heteroatoms. The SMILES string of the molecule is COc1ccc(CN2CCCCC/C=C\[C@H]3C[C@@]3(C(=O)O)NC(=O)[C@@H]3C[C@@H](Oc4nc(-c5ccc(F)cc5)nc5c(C)c(OC)ccc45)CN3C2=O)cc1. The Labute approximate surface area is 312 Å². The molecular weight excluding hydrogens is 693 g/mol. The van der Waals surface area contributed by atoms with Gasteiger partial charge in [0.05, 0.1) is 31.7 Å². The molecule has 2 N–H and O–H groups in total. The maximum atomic E-state index is 14.6. The zero-order valence-corrected chi connectivity index (χ0v) is 30.6. The van der Waals surface area contributed by atoms with Crippen LogP contribution in [0.1, 0.15) is 49.7 Å². The Hall–Kier alpha value is -5.72. The molecule has 54 heavy (non-hydrogen) atoms. The molecule has 3 aromatic carbocycles. The van der Waals surface area contributed by atoms with E-state index in [-0.39, 0.29) is 37.2 Å². The second-order valence-corrected chi connectivity index (χ2v) is 14.2. The van der Waals surface area contributed by atoms with Gasteiger partial charge < -0.3 is 34.4 Å². The molecule has 0 bridgehead atoms. The Morgan fingerprint density at radius 2 is 1.78 bits per heavy atom. The summed E-state index contributed by atoms with van der Waals surface area (Å²) in [6, 6.07) is 15.6. The fourth-order valence-electron chi connectivity index (χ4n) is 7.47. The van der Waals surface area contributed by atoms with E-state index in [0.717, 1.165) is 36.8 Å². The van der Waals surface area contributed by atoms with Crippen molar-refractivity contribution in [1.29, 1.82) is 0 Å². The molecule has 3 amide bonds. The normalized spacial score (nSPS) is 23.7. The van der Waals surface area contributed by atoms with Crippen LogP contribution in [0.3, 0.4) is 0 Å². The van der Waals surface area contributed by atoms with Crippen LogP contribution in [0.4, 0.5) is 9.18 Å². The third-order valence-corrected chi connectivity index (χ3v) is 10.7. The van der Waals surface area contributed by atoms with Crippen LogP contribution >= 0.6 is 0 Å². The number of fused-ring (bicyclic) bond motifs is 3. The highest BCUT2D eigenvalue weighted by atomic mass is 19.1. The molecule has 4 aromatic rings. The van der Waals surface area contributed by atoms with Gasteiger partial charge in [0, 0.05) is 36.6 Å². The lowest BCUT2D eigenvalue weighted by Crippen LogP contribution is -2.55. The number of carboxylic acid groups (broad SMARTS) is 1. The first-order valence-corrected chi connectivity index (χ1v) is 18.3. The highest BCUT2D eigenvalue weighted by molar-refractivity contribution is 5.95. The minimum atomic E-state index is -1.44. The number of ether oxygens (including phenoxy) is 3. The van der Waals surface area contributed by atoms with E-state index in [4.69, 9.17) is 24.2 Å². The van der Waals surface area contributed by atoms with Crippen molar-refractivity contribution in [2.24, 2.45) is 5.92 Å². The molecule has 0 radical (unpaired) electrons. The van der Waals surface area contributed by atoms with Crippen LogP contribution in [0.15, 0.2) is 72.8 Å². The number of carbonyl (C=O) groups excluding carboxylic acids is 2. The average Bonchev–Trinajstić information content (AvgIpc) is 3.71. The van der Waals surface area contributed by atoms with Crippen molar-refractivity contribution in [1.82, 2.24) is 25.1 Å². The van der Waals surface area contributed by atoms with Gasteiger partial charge in [-0.05, 0) is 86.7 Å². The lowest BCUT2D eigenvalue weighted by Gasteiger charge is -2.32. The lowest BCUT2D eigenvalue weighted by molar-refractivity contribution is -0.144. The fourth-order valence-corrected chi connectivity index (χ4v) is 7.47. The summed E-state index contributed by atoms with van der Waals surface area (Å²) >= 11 is 0. The topological polar surface area (TPSA) is 143 Å². The van der Waals surface area contributed by atoms with Crippen molar-refractivity contribution >= 4 is 28.8 Å². The quantitative estimate of drug-likeness (QED) is 0.199. The van der Waals surface area contributed by atoms with E-state index in [1.807, 2.05) is 43.3 Å². The number of amides is 3. The molecule has 1 saturated carbocycles. The van der Waals surface area contributed by atoms with Gasteiger partial charge in [0.1, 0.15) is 35.0 Å². The van der Waals surface area contributed by atoms with Crippen LogP contribution in [-0.4, -0.2) is 87.8 Å². The van der Waals surface area contributed by atoms with Crippen LogP contribution in [-0.2, 0) is 16.1 Å². The van der Waals surface area contributed by atoms with Gasteiger partial charge in [-0.3, -0.25) is 4.79 Å². The number of benzene rings is 3. The lowest BCUT2D eigenvalue weighted by atomic mass is 10.1. The molecule has 3 aliphatic rings. The molecule has 0 unspecified atom stereocenters. The summed E-state index contributed by atoms with van der Waals surface area (Å²) in [6.07, 6.45) is 6.87. The highest BCUT2D eigenvalue weighted by Crippen LogP contribution is 2.45. The van der Waals surface area contributed by atoms with Crippen LogP contribution < -0.4 is 19.5 Å². The number of urea groups is 1. The van der Waals surface area contributed by atoms with Crippen LogP contribution in [0.5, 0.6) is 17.4 Å². The summed E-state index contributed by atoms with van der Waals surface area (Å²) in [5.41, 5.74) is 1.35. The molecule has 7 rings (SSSR count). The summed E-state index contributed by atoms with van der Waals surface area (Å²) in [6.45, 7) is 2.69. The monoisotopic (exact) mass is 737 g/mol. The molecule has 0 spiro atoms. The maximum Gasteiger partial charge on any atom is 0.330 e. The molecule has 282 valence electrons. The van der Waals surface area contributed by atoms with E-state index in [2.05, 4.69) is 5.32 Å². The molecule has 1 aliphatic carbocycles. The average molecular weight is 738 g/mol. The van der Waals surface area contributed by atoms with Gasteiger partial charge in [-0.25, -0.2) is 19.0 Å². The number of aromatic nitrogens is 2. The number of nitrogens with zero attached hydrogens (tertiary/aromatic N) is 4. The van der Waals surface area contributed by atoms with Gasteiger partial charge in [-0.15, -0.1) is 0 Å². The second-order valence-electron chi connectivity index (χ2n) is 14.2. The Kier molecular flexibility index (Phi) is 10.4. The van der Waals surface area contributed by atoms with Crippen molar-refractivity contribution < 1.29 is 38.1 Å². The van der Waals surface area contributed by atoms with Crippen molar-refractivity contribution in [3.05, 3.63) is 89.8 Å². The van der Waals surface area contributed by atoms with E-state index in [1.165, 1.54) is 17.0 Å². The number of allylic oxidation sites excluding steroid dienone is 1. The van der Waals surface area contributed by atoms with Gasteiger partial charge in [0.2, 0.25) is 11.8 Å². The summed E-state index contributed by atoms with van der Waals surface area (Å²) in [4.78, 5) is 54.2. The second kappa shape index (κ2) is 15.3. The maximum absolute atomic E-state index is 14.6. The number of methoxy groups -OCH3 is 2. The first kappa shape index (κ1) is 36.6. The van der Waals surface area contributed by atoms with Gasteiger partial charge in [0.15, 0.2) is 5.82 Å². The number of aryl methyl sites for hydroxylation is 1. The minimum Gasteiger partial charge on any atom is -0.497 e. The number of carbonyl (C=O) groups is 3. The summed E-state index contributed by atoms with van der Waals surface area (Å²) < 4.78 is 31.4. The Morgan fingerprint density at radius 1 is 1.00 bits per heavy atom. The smallest absolute Gasteiger partial charge is 0.330 e. The molecule has 2 fully saturated rings. The van der Waals surface area contributed by atoms with Crippen LogP contribution in [0, 0.1) is 18.7 Å². The Bertz CT molecular complexity index is 2080. The Balaban J connectivity index is 1.24. The summed E-state index contributed by atoms with van der Waals surface area (Å²) in [5.74, 6) is -0.545. The number of aliphatic carboxylic acids is 1. The van der Waals surface area contributed by atoms with Gasteiger partial charge >= 0.3 is 12.0 Å². The Morgan fingerprint density at radius 3 is 2.50 bits per heavy atom. The standard InChI is InChI=1S/C41H44FN5O7/c1-25-34(53-3)19-18-32-35(25)43-36(27-12-14-29(42)15-13-27)44-38(32)54-31-21-33-37(48)45-41(39(49)50)22-28(41)9-7-5-4-6-8-20-46(40(51)47(33)24-31)23-26-10-16-30(52-2)17-11-26/h7,9-19,28,31,33H,4-6,8,20-24H2,1-3H3,(H,45,48)(H,49,50)/b9-7-/t28-,31+,33-,41+/m0/s1. The molecule has 1 aromatic heterocycles. The molecule has 4 atom stereocenters. The van der Waals surface area contributed by atoms with Gasteiger partial charge in [-0.2, -0.15) is 4.98 Å². The number of hydrogen-bond acceptors (Lipinski definition) is 8. The predicted octanol–water partition coefficient (Wildman–Crippen LogP) is 6.30. The van der Waals surface area contributed by atoms with E-state index < -0.39 is 35.4 Å². The molecular formula is C41H44FN5O7.